The number of methoxy groups -OCH3 is 1. The van der Waals surface area contributed by atoms with E-state index in [9.17, 15) is 4.79 Å². The zero-order valence-corrected chi connectivity index (χ0v) is 9.99. The van der Waals surface area contributed by atoms with E-state index in [-0.39, 0.29) is 12.2 Å². The van der Waals surface area contributed by atoms with Gasteiger partial charge in [-0.1, -0.05) is 0 Å². The van der Waals surface area contributed by atoms with Crippen LogP contribution in [0.3, 0.4) is 0 Å². The summed E-state index contributed by atoms with van der Waals surface area (Å²) in [4.78, 5) is 10.8. The second kappa shape index (κ2) is 13.5. The maximum Gasteiger partial charge on any atom is 0.352 e. The Bertz CT molecular complexity index is 241. The van der Waals surface area contributed by atoms with Crippen LogP contribution in [0.25, 0.3) is 0 Å². The van der Waals surface area contributed by atoms with Gasteiger partial charge in [-0.3, -0.25) is 0 Å². The van der Waals surface area contributed by atoms with Crippen molar-refractivity contribution < 1.29 is 19.0 Å². The Kier molecular flexibility index (Phi) is 14.2. The van der Waals surface area contributed by atoms with Crippen LogP contribution in [-0.4, -0.2) is 32.9 Å². The lowest BCUT2D eigenvalue weighted by atomic mass is 10.3. The molecule has 5 heteroatoms. The zero-order valence-electron chi connectivity index (χ0n) is 9.99. The summed E-state index contributed by atoms with van der Waals surface area (Å²) in [7, 11) is 1.36. The van der Waals surface area contributed by atoms with Gasteiger partial charge < -0.3 is 14.2 Å². The van der Waals surface area contributed by atoms with E-state index >= 15 is 0 Å². The Balaban J connectivity index is 0. The molecule has 0 atom stereocenters. The van der Waals surface area contributed by atoms with Crippen LogP contribution in [0.1, 0.15) is 13.8 Å². The quantitative estimate of drug-likeness (QED) is 0.308. The first kappa shape index (κ1) is 16.9. The first-order chi connectivity index (χ1) is 7.67. The van der Waals surface area contributed by atoms with E-state index in [4.69, 9.17) is 10.00 Å². The lowest BCUT2D eigenvalue weighted by Crippen LogP contribution is -2.06. The minimum atomic E-state index is -0.656. The van der Waals surface area contributed by atoms with Gasteiger partial charge in [-0.25, -0.2) is 4.79 Å². The highest BCUT2D eigenvalue weighted by atomic mass is 16.5. The molecule has 0 aromatic carbocycles. The molecule has 0 unspecified atom stereocenters. The van der Waals surface area contributed by atoms with Gasteiger partial charge >= 0.3 is 5.97 Å². The Morgan fingerprint density at radius 1 is 1.44 bits per heavy atom. The van der Waals surface area contributed by atoms with Gasteiger partial charge in [0.05, 0.1) is 13.7 Å². The molecule has 0 aromatic rings. The number of rotatable bonds is 5. The van der Waals surface area contributed by atoms with E-state index in [1.807, 2.05) is 6.92 Å². The Morgan fingerprint density at radius 3 is 2.31 bits per heavy atom. The molecule has 0 saturated heterocycles. The molecule has 0 spiro atoms. The van der Waals surface area contributed by atoms with Crippen molar-refractivity contribution in [3.05, 3.63) is 18.8 Å². The van der Waals surface area contributed by atoms with Gasteiger partial charge in [0.1, 0.15) is 12.3 Å². The molecule has 0 N–H and O–H groups in total. The molecule has 0 aromatic heterocycles. The van der Waals surface area contributed by atoms with E-state index in [2.05, 4.69) is 16.4 Å². The van der Waals surface area contributed by atoms with Gasteiger partial charge in [0.25, 0.3) is 0 Å². The highest BCUT2D eigenvalue weighted by Crippen LogP contribution is 1.95. The number of nitriles is 1. The molecule has 0 aliphatic carbocycles. The molecule has 0 bridgehead atoms. The second-order valence-electron chi connectivity index (χ2n) is 2.30. The molecule has 0 heterocycles. The van der Waals surface area contributed by atoms with Gasteiger partial charge in [0.2, 0.25) is 0 Å². The van der Waals surface area contributed by atoms with Gasteiger partial charge in [-0.15, -0.1) is 0 Å². The van der Waals surface area contributed by atoms with Crippen LogP contribution in [0.2, 0.25) is 0 Å². The predicted molar refractivity (Wildman–Crippen MR) is 59.2 cm³/mol. The summed E-state index contributed by atoms with van der Waals surface area (Å²) >= 11 is 0. The largest absolute Gasteiger partial charge is 0.503 e. The average Bonchev–Trinajstić information content (AvgIpc) is 2.28. The standard InChI is InChI=1S/C7H9NO3.C4H9O/c1-3-11-7(9)6(4-8)5-10-2;1-3-5-4-2/h5H,3H2,1-2H3;1,3-4H2,2H3. The minimum absolute atomic E-state index is 0.130. The number of esters is 1. The van der Waals surface area contributed by atoms with Crippen LogP contribution in [0.15, 0.2) is 11.8 Å². The topological polar surface area (TPSA) is 68.6 Å². The summed E-state index contributed by atoms with van der Waals surface area (Å²) in [6.45, 7) is 8.70. The second-order valence-corrected chi connectivity index (χ2v) is 2.30. The smallest absolute Gasteiger partial charge is 0.352 e. The number of carbonyl (C=O) groups is 1. The van der Waals surface area contributed by atoms with Crippen molar-refractivity contribution >= 4 is 5.97 Å². The lowest BCUT2D eigenvalue weighted by molar-refractivity contribution is -0.138. The van der Waals surface area contributed by atoms with Crippen molar-refractivity contribution in [2.75, 3.05) is 26.9 Å². The van der Waals surface area contributed by atoms with Gasteiger partial charge in [-0.05, 0) is 20.8 Å². The summed E-state index contributed by atoms with van der Waals surface area (Å²) in [6, 6.07) is 1.65. The predicted octanol–water partition coefficient (Wildman–Crippen LogP) is 1.46. The van der Waals surface area contributed by atoms with Crippen LogP contribution >= 0.6 is 0 Å². The molecule has 0 rings (SSSR count). The third kappa shape index (κ3) is 10.5. The maximum atomic E-state index is 10.8. The molecule has 0 amide bonds. The van der Waals surface area contributed by atoms with Crippen LogP contribution in [0, 0.1) is 18.3 Å². The maximum absolute atomic E-state index is 10.8. The Labute approximate surface area is 96.6 Å². The number of hydrogen-bond donors (Lipinski definition) is 0. The van der Waals surface area contributed by atoms with Crippen molar-refractivity contribution in [2.45, 2.75) is 13.8 Å². The monoisotopic (exact) mass is 228 g/mol. The number of ether oxygens (including phenoxy) is 3. The number of carbonyl (C=O) groups excluding carboxylic acids is 1. The lowest BCUT2D eigenvalue weighted by Gasteiger charge is -1.97. The molecular weight excluding hydrogens is 210 g/mol. The third-order valence-corrected chi connectivity index (χ3v) is 1.20. The molecule has 16 heavy (non-hydrogen) atoms. The van der Waals surface area contributed by atoms with Crippen LogP contribution < -0.4 is 0 Å². The highest BCUT2D eigenvalue weighted by molar-refractivity contribution is 5.92. The molecule has 0 saturated carbocycles. The average molecular weight is 228 g/mol. The molecule has 0 aliphatic heterocycles. The third-order valence-electron chi connectivity index (χ3n) is 1.20. The Hall–Kier alpha value is -1.54. The summed E-state index contributed by atoms with van der Waals surface area (Å²) in [5, 5.41) is 8.36. The number of nitrogens with zero attached hydrogens (tertiary/aromatic N) is 1. The van der Waals surface area contributed by atoms with E-state index < -0.39 is 5.97 Å². The highest BCUT2D eigenvalue weighted by Gasteiger charge is 2.08. The van der Waals surface area contributed by atoms with Crippen molar-refractivity contribution in [2.24, 2.45) is 0 Å². The van der Waals surface area contributed by atoms with Crippen molar-refractivity contribution in [3.8, 4) is 6.07 Å². The fourth-order valence-electron chi connectivity index (χ4n) is 0.591. The van der Waals surface area contributed by atoms with Crippen LogP contribution in [0.4, 0.5) is 0 Å². The van der Waals surface area contributed by atoms with Crippen molar-refractivity contribution in [3.63, 3.8) is 0 Å². The first-order valence-corrected chi connectivity index (χ1v) is 4.84. The van der Waals surface area contributed by atoms with E-state index in [1.165, 1.54) is 7.11 Å². The van der Waals surface area contributed by atoms with Gasteiger partial charge in [0.15, 0.2) is 5.57 Å². The summed E-state index contributed by atoms with van der Waals surface area (Å²) < 4.78 is 13.7. The summed E-state index contributed by atoms with van der Waals surface area (Å²) in [6.07, 6.45) is 1.05. The molecule has 91 valence electrons. The van der Waals surface area contributed by atoms with Gasteiger partial charge in [0, 0.05) is 13.2 Å². The summed E-state index contributed by atoms with van der Waals surface area (Å²) in [5.74, 6) is -0.656. The normalized spacial score (nSPS) is 9.56. The first-order valence-electron chi connectivity index (χ1n) is 4.84. The fraction of sp³-hybridized carbons (Fsp3) is 0.545. The molecule has 5 nitrogen and oxygen atoms in total. The fourth-order valence-corrected chi connectivity index (χ4v) is 0.591. The molecule has 0 fully saturated rings. The minimum Gasteiger partial charge on any atom is -0.503 e. The Morgan fingerprint density at radius 2 is 2.06 bits per heavy atom. The molecule has 1 radical (unpaired) electrons. The van der Waals surface area contributed by atoms with Crippen molar-refractivity contribution in [1.29, 1.82) is 5.26 Å². The zero-order chi connectivity index (χ0) is 12.8. The molecule has 0 aliphatic rings. The van der Waals surface area contributed by atoms with Crippen LogP contribution in [-0.2, 0) is 19.0 Å². The SMILES string of the molecule is CCOC(=O)C(C#N)=COC.[CH2]COCC. The van der Waals surface area contributed by atoms with Gasteiger partial charge in [-0.2, -0.15) is 5.26 Å². The van der Waals surface area contributed by atoms with E-state index in [0.717, 1.165) is 12.9 Å². The number of hydrogen-bond acceptors (Lipinski definition) is 5. The van der Waals surface area contributed by atoms with Crippen LogP contribution in [0.5, 0.6) is 0 Å². The molecular formula is C11H18NO4. The summed E-state index contributed by atoms with van der Waals surface area (Å²) in [5.41, 5.74) is -0.130. The van der Waals surface area contributed by atoms with E-state index in [0.29, 0.717) is 6.61 Å². The van der Waals surface area contributed by atoms with Crippen molar-refractivity contribution in [1.82, 2.24) is 0 Å². The van der Waals surface area contributed by atoms with E-state index in [1.54, 1.807) is 13.0 Å².